The molecule has 3 heterocycles. The standard InChI is InChI=1S/C18H28N4O.3ClH/c1-15(17-3-2-7-19-14-17)21-9-11-22(12-10-21)18(23)5-4-16-6-8-20-13-16;;;/h2-3,7,14-16,20H,4-6,8-13H2,1H3;3*1H. The minimum Gasteiger partial charge on any atom is -0.340 e. The zero-order chi connectivity index (χ0) is 16.1. The Hall–Kier alpha value is -0.590. The van der Waals surface area contributed by atoms with Crippen molar-refractivity contribution in [3.05, 3.63) is 30.1 Å². The highest BCUT2D eigenvalue weighted by Gasteiger charge is 2.25. The molecular weight excluding hydrogens is 395 g/mol. The molecular formula is C18H31Cl3N4O. The highest BCUT2D eigenvalue weighted by atomic mass is 35.5. The van der Waals surface area contributed by atoms with E-state index in [9.17, 15) is 4.79 Å². The fourth-order valence-electron chi connectivity index (χ4n) is 3.64. The molecule has 1 aromatic heterocycles. The summed E-state index contributed by atoms with van der Waals surface area (Å²) < 4.78 is 0. The highest BCUT2D eigenvalue weighted by molar-refractivity contribution is 5.86. The smallest absolute Gasteiger partial charge is 0.222 e. The largest absolute Gasteiger partial charge is 0.340 e. The van der Waals surface area contributed by atoms with Gasteiger partial charge in [0.25, 0.3) is 0 Å². The van der Waals surface area contributed by atoms with E-state index < -0.39 is 0 Å². The summed E-state index contributed by atoms with van der Waals surface area (Å²) in [5.74, 6) is 1.04. The van der Waals surface area contributed by atoms with Crippen LogP contribution in [0.2, 0.25) is 0 Å². The van der Waals surface area contributed by atoms with E-state index in [1.54, 1.807) is 0 Å². The molecule has 2 aliphatic rings. The van der Waals surface area contributed by atoms with Crippen LogP contribution in [0.5, 0.6) is 0 Å². The molecule has 0 bridgehead atoms. The lowest BCUT2D eigenvalue weighted by atomic mass is 10.0. The second kappa shape index (κ2) is 12.7. The quantitative estimate of drug-likeness (QED) is 0.788. The third-order valence-electron chi connectivity index (χ3n) is 5.31. The van der Waals surface area contributed by atoms with Crippen LogP contribution in [0.4, 0.5) is 0 Å². The van der Waals surface area contributed by atoms with Crippen LogP contribution in [0.15, 0.2) is 24.5 Å². The molecule has 0 saturated carbocycles. The van der Waals surface area contributed by atoms with Gasteiger partial charge in [0, 0.05) is 51.0 Å². The van der Waals surface area contributed by atoms with E-state index in [1.807, 2.05) is 18.5 Å². The number of piperazine rings is 1. The van der Waals surface area contributed by atoms with Gasteiger partial charge in [0.05, 0.1) is 0 Å². The van der Waals surface area contributed by atoms with Crippen LogP contribution < -0.4 is 5.32 Å². The van der Waals surface area contributed by atoms with E-state index in [0.29, 0.717) is 24.3 Å². The Balaban J connectivity index is 0.00000208. The number of halogens is 3. The van der Waals surface area contributed by atoms with Crippen LogP contribution in [-0.2, 0) is 4.79 Å². The van der Waals surface area contributed by atoms with Gasteiger partial charge in [-0.15, -0.1) is 37.2 Å². The number of aromatic nitrogens is 1. The Kier molecular flexibility index (Phi) is 12.4. The van der Waals surface area contributed by atoms with Crippen LogP contribution in [0.1, 0.15) is 37.8 Å². The van der Waals surface area contributed by atoms with Gasteiger partial charge in [-0.05, 0) is 50.4 Å². The lowest BCUT2D eigenvalue weighted by molar-refractivity contribution is -0.133. The SMILES string of the molecule is CC(c1cccnc1)N1CCN(C(=O)CCC2CCNC2)CC1.Cl.Cl.Cl. The number of rotatable bonds is 5. The normalized spacial score (nSPS) is 21.1. The second-order valence-electron chi connectivity index (χ2n) is 6.78. The van der Waals surface area contributed by atoms with Gasteiger partial charge in [-0.25, -0.2) is 0 Å². The van der Waals surface area contributed by atoms with Crippen molar-refractivity contribution >= 4 is 43.1 Å². The number of pyridine rings is 1. The molecule has 1 N–H and O–H groups in total. The molecule has 2 aliphatic heterocycles. The Morgan fingerprint density at radius 1 is 1.27 bits per heavy atom. The van der Waals surface area contributed by atoms with Crippen molar-refractivity contribution < 1.29 is 4.79 Å². The van der Waals surface area contributed by atoms with Gasteiger partial charge >= 0.3 is 0 Å². The molecule has 8 heteroatoms. The maximum atomic E-state index is 12.4. The van der Waals surface area contributed by atoms with E-state index >= 15 is 0 Å². The Bertz CT molecular complexity index is 506. The third kappa shape index (κ3) is 6.86. The predicted molar refractivity (Wildman–Crippen MR) is 113 cm³/mol. The maximum Gasteiger partial charge on any atom is 0.222 e. The highest BCUT2D eigenvalue weighted by Crippen LogP contribution is 2.21. The number of hydrogen-bond donors (Lipinski definition) is 1. The molecule has 0 radical (unpaired) electrons. The number of hydrogen-bond acceptors (Lipinski definition) is 4. The van der Waals surface area contributed by atoms with Crippen molar-refractivity contribution in [2.45, 2.75) is 32.2 Å². The van der Waals surface area contributed by atoms with Crippen LogP contribution in [0.25, 0.3) is 0 Å². The van der Waals surface area contributed by atoms with Crippen molar-refractivity contribution in [2.24, 2.45) is 5.92 Å². The minimum atomic E-state index is 0. The van der Waals surface area contributed by atoms with Gasteiger partial charge in [0.2, 0.25) is 5.91 Å². The zero-order valence-corrected chi connectivity index (χ0v) is 17.8. The van der Waals surface area contributed by atoms with Crippen molar-refractivity contribution in [2.75, 3.05) is 39.3 Å². The molecule has 3 rings (SSSR count). The van der Waals surface area contributed by atoms with E-state index in [4.69, 9.17) is 0 Å². The third-order valence-corrected chi connectivity index (χ3v) is 5.31. The van der Waals surface area contributed by atoms with E-state index in [2.05, 4.69) is 33.1 Å². The van der Waals surface area contributed by atoms with Crippen molar-refractivity contribution in [1.82, 2.24) is 20.1 Å². The molecule has 5 nitrogen and oxygen atoms in total. The summed E-state index contributed by atoms with van der Waals surface area (Å²) in [5, 5.41) is 3.37. The number of carbonyl (C=O) groups is 1. The lowest BCUT2D eigenvalue weighted by Gasteiger charge is -2.38. The minimum absolute atomic E-state index is 0. The average Bonchev–Trinajstić information content (AvgIpc) is 3.13. The topological polar surface area (TPSA) is 48.5 Å². The van der Waals surface area contributed by atoms with Crippen LogP contribution in [-0.4, -0.2) is 60.0 Å². The van der Waals surface area contributed by atoms with E-state index in [1.165, 1.54) is 12.0 Å². The number of carbonyl (C=O) groups excluding carboxylic acids is 1. The summed E-state index contributed by atoms with van der Waals surface area (Å²) >= 11 is 0. The summed E-state index contributed by atoms with van der Waals surface area (Å²) in [6.07, 6.45) is 6.73. The molecule has 1 amide bonds. The molecule has 2 saturated heterocycles. The summed E-state index contributed by atoms with van der Waals surface area (Å²) in [6.45, 7) is 8.04. The van der Waals surface area contributed by atoms with Gasteiger partial charge in [0.1, 0.15) is 0 Å². The Labute approximate surface area is 175 Å². The van der Waals surface area contributed by atoms with Crippen molar-refractivity contribution in [3.8, 4) is 0 Å². The van der Waals surface area contributed by atoms with Gasteiger partial charge in [-0.1, -0.05) is 6.07 Å². The Morgan fingerprint density at radius 3 is 2.58 bits per heavy atom. The average molecular weight is 426 g/mol. The first-order chi connectivity index (χ1) is 11.2. The summed E-state index contributed by atoms with van der Waals surface area (Å²) in [7, 11) is 0. The molecule has 26 heavy (non-hydrogen) atoms. The number of nitrogens with zero attached hydrogens (tertiary/aromatic N) is 3. The number of nitrogens with one attached hydrogen (secondary N) is 1. The molecule has 0 spiro atoms. The molecule has 0 aromatic carbocycles. The summed E-state index contributed by atoms with van der Waals surface area (Å²) in [5.41, 5.74) is 1.25. The molecule has 2 fully saturated rings. The van der Waals surface area contributed by atoms with E-state index in [0.717, 1.165) is 45.7 Å². The van der Waals surface area contributed by atoms with Gasteiger partial charge in [0.15, 0.2) is 0 Å². The fourth-order valence-corrected chi connectivity index (χ4v) is 3.64. The van der Waals surface area contributed by atoms with Crippen LogP contribution in [0, 0.1) is 5.92 Å². The van der Waals surface area contributed by atoms with Crippen molar-refractivity contribution in [1.29, 1.82) is 0 Å². The maximum absolute atomic E-state index is 12.4. The van der Waals surface area contributed by atoms with E-state index in [-0.39, 0.29) is 37.2 Å². The number of amides is 1. The molecule has 2 unspecified atom stereocenters. The Morgan fingerprint density at radius 2 is 2.00 bits per heavy atom. The first kappa shape index (κ1) is 25.4. The first-order valence-corrected chi connectivity index (χ1v) is 8.86. The van der Waals surface area contributed by atoms with Crippen molar-refractivity contribution in [3.63, 3.8) is 0 Å². The predicted octanol–water partition coefficient (Wildman–Crippen LogP) is 2.94. The molecule has 2 atom stereocenters. The molecule has 0 aliphatic carbocycles. The van der Waals surface area contributed by atoms with Gasteiger partial charge in [-0.2, -0.15) is 0 Å². The van der Waals surface area contributed by atoms with Gasteiger partial charge in [-0.3, -0.25) is 14.7 Å². The van der Waals surface area contributed by atoms with Gasteiger partial charge < -0.3 is 10.2 Å². The fraction of sp³-hybridized carbons (Fsp3) is 0.667. The monoisotopic (exact) mass is 424 g/mol. The van der Waals surface area contributed by atoms with Crippen LogP contribution >= 0.6 is 37.2 Å². The summed E-state index contributed by atoms with van der Waals surface area (Å²) in [6, 6.07) is 4.49. The summed E-state index contributed by atoms with van der Waals surface area (Å²) in [4.78, 5) is 21.1. The second-order valence-corrected chi connectivity index (χ2v) is 6.78. The zero-order valence-electron chi connectivity index (χ0n) is 15.3. The lowest BCUT2D eigenvalue weighted by Crippen LogP contribution is -2.49. The van der Waals surface area contributed by atoms with Crippen LogP contribution in [0.3, 0.4) is 0 Å². The molecule has 150 valence electrons. The molecule has 1 aromatic rings. The first-order valence-electron chi connectivity index (χ1n) is 8.86.